The lowest BCUT2D eigenvalue weighted by Crippen LogP contribution is -2.30. The monoisotopic (exact) mass is 445 g/mol. The first kappa shape index (κ1) is 19.8. The summed E-state index contributed by atoms with van der Waals surface area (Å²) in [6.07, 6.45) is 4.68. The quantitative estimate of drug-likeness (QED) is 0.448. The van der Waals surface area contributed by atoms with E-state index < -0.39 is 11.5 Å². The zero-order valence-corrected chi connectivity index (χ0v) is 17.4. The molecule has 5 aromatic rings. The van der Waals surface area contributed by atoms with Crippen molar-refractivity contribution in [3.63, 3.8) is 0 Å². The molecule has 5 rings (SSSR count). The maximum absolute atomic E-state index is 13.4. The van der Waals surface area contributed by atoms with Crippen LogP contribution in [0.2, 0.25) is 0 Å². The van der Waals surface area contributed by atoms with E-state index in [1.807, 2.05) is 36.5 Å². The van der Waals surface area contributed by atoms with Crippen molar-refractivity contribution in [1.82, 2.24) is 24.5 Å². The van der Waals surface area contributed by atoms with Crippen LogP contribution in [0, 0.1) is 5.82 Å². The molecule has 0 unspecified atom stereocenters. The summed E-state index contributed by atoms with van der Waals surface area (Å²) in [5, 5.41) is 9.17. The van der Waals surface area contributed by atoms with Crippen LogP contribution in [-0.4, -0.2) is 25.1 Å². The highest BCUT2D eigenvalue weighted by Crippen LogP contribution is 2.24. The minimum absolute atomic E-state index is 0.0420. The number of carbonyl (C=O) groups is 1. The highest BCUT2D eigenvalue weighted by Gasteiger charge is 2.17. The SMILES string of the molecule is O=C(NCc1cn(-c2ccccc2)nc1-c1ccc(F)cc1)c1cnc2sccn2c1=O. The number of amides is 1. The van der Waals surface area contributed by atoms with E-state index in [0.717, 1.165) is 11.3 Å². The molecule has 0 atom stereocenters. The van der Waals surface area contributed by atoms with Gasteiger partial charge in [-0.25, -0.2) is 14.1 Å². The van der Waals surface area contributed by atoms with E-state index in [4.69, 9.17) is 0 Å². The Bertz CT molecular complexity index is 1470. The van der Waals surface area contributed by atoms with Gasteiger partial charge in [0.2, 0.25) is 0 Å². The average molecular weight is 445 g/mol. The van der Waals surface area contributed by atoms with Gasteiger partial charge < -0.3 is 5.32 Å². The molecule has 0 radical (unpaired) electrons. The number of hydrogen-bond donors (Lipinski definition) is 1. The number of nitrogens with zero attached hydrogens (tertiary/aromatic N) is 4. The lowest BCUT2D eigenvalue weighted by molar-refractivity contribution is 0.0949. The Morgan fingerprint density at radius 1 is 1.09 bits per heavy atom. The number of fused-ring (bicyclic) bond motifs is 1. The second-order valence-electron chi connectivity index (χ2n) is 7.01. The van der Waals surface area contributed by atoms with Crippen molar-refractivity contribution in [3.05, 3.63) is 106 Å². The minimum atomic E-state index is -0.527. The fourth-order valence-corrected chi connectivity index (χ4v) is 4.03. The van der Waals surface area contributed by atoms with Crippen molar-refractivity contribution in [2.75, 3.05) is 0 Å². The van der Waals surface area contributed by atoms with Crippen molar-refractivity contribution < 1.29 is 9.18 Å². The smallest absolute Gasteiger partial charge is 0.271 e. The van der Waals surface area contributed by atoms with Crippen LogP contribution in [0.5, 0.6) is 0 Å². The normalized spacial score (nSPS) is 11.0. The van der Waals surface area contributed by atoms with Crippen LogP contribution in [0.1, 0.15) is 15.9 Å². The van der Waals surface area contributed by atoms with Crippen molar-refractivity contribution in [3.8, 4) is 16.9 Å². The Labute approximate surface area is 185 Å². The van der Waals surface area contributed by atoms with Crippen molar-refractivity contribution in [2.24, 2.45) is 0 Å². The Kier molecular flexibility index (Phi) is 5.08. The highest BCUT2D eigenvalue weighted by atomic mass is 32.1. The van der Waals surface area contributed by atoms with E-state index in [1.165, 1.54) is 34.1 Å². The molecule has 0 fully saturated rings. The lowest BCUT2D eigenvalue weighted by Gasteiger charge is -2.06. The Balaban J connectivity index is 1.47. The van der Waals surface area contributed by atoms with Crippen molar-refractivity contribution >= 4 is 22.2 Å². The van der Waals surface area contributed by atoms with E-state index in [9.17, 15) is 14.0 Å². The summed E-state index contributed by atoms with van der Waals surface area (Å²) >= 11 is 1.32. The van der Waals surface area contributed by atoms with Crippen LogP contribution in [0.15, 0.2) is 83.4 Å². The first-order valence-electron chi connectivity index (χ1n) is 9.73. The van der Waals surface area contributed by atoms with Gasteiger partial charge >= 0.3 is 0 Å². The molecule has 0 bridgehead atoms. The van der Waals surface area contributed by atoms with Crippen molar-refractivity contribution in [1.29, 1.82) is 0 Å². The van der Waals surface area contributed by atoms with Crippen LogP contribution in [-0.2, 0) is 6.54 Å². The largest absolute Gasteiger partial charge is 0.348 e. The third-order valence-electron chi connectivity index (χ3n) is 4.96. The molecule has 9 heteroatoms. The molecular formula is C23H16FN5O2S. The summed E-state index contributed by atoms with van der Waals surface area (Å²) in [5.41, 5.74) is 2.42. The summed E-state index contributed by atoms with van der Waals surface area (Å²) in [7, 11) is 0. The van der Waals surface area contributed by atoms with E-state index in [-0.39, 0.29) is 17.9 Å². The summed E-state index contributed by atoms with van der Waals surface area (Å²) in [6.45, 7) is 0.129. The van der Waals surface area contributed by atoms with Gasteiger partial charge in [-0.1, -0.05) is 18.2 Å². The highest BCUT2D eigenvalue weighted by molar-refractivity contribution is 7.15. The maximum atomic E-state index is 13.4. The molecule has 1 amide bonds. The standard InChI is InChI=1S/C23H16FN5O2S/c24-17-8-6-15(7-9-17)20-16(14-29(27-20)18-4-2-1-3-5-18)12-25-21(30)19-13-26-23-28(22(19)31)10-11-32-23/h1-11,13-14H,12H2,(H,25,30). The van der Waals surface area contributed by atoms with Gasteiger partial charge in [0, 0.05) is 41.6 Å². The van der Waals surface area contributed by atoms with Gasteiger partial charge in [-0.15, -0.1) is 11.3 Å². The van der Waals surface area contributed by atoms with Crippen LogP contribution in [0.25, 0.3) is 21.9 Å². The number of carbonyl (C=O) groups excluding carboxylic acids is 1. The van der Waals surface area contributed by atoms with Gasteiger partial charge in [0.15, 0.2) is 4.96 Å². The van der Waals surface area contributed by atoms with Gasteiger partial charge in [-0.2, -0.15) is 5.10 Å². The third-order valence-corrected chi connectivity index (χ3v) is 5.73. The molecule has 2 aromatic carbocycles. The zero-order valence-electron chi connectivity index (χ0n) is 16.6. The zero-order chi connectivity index (χ0) is 22.1. The molecule has 0 aliphatic rings. The summed E-state index contributed by atoms with van der Waals surface area (Å²) in [6, 6.07) is 15.5. The number of aromatic nitrogens is 4. The predicted octanol–water partition coefficient (Wildman–Crippen LogP) is 3.68. The molecule has 158 valence electrons. The van der Waals surface area contributed by atoms with Crippen molar-refractivity contribution in [2.45, 2.75) is 6.54 Å². The van der Waals surface area contributed by atoms with Gasteiger partial charge in [0.1, 0.15) is 11.4 Å². The molecule has 1 N–H and O–H groups in total. The summed E-state index contributed by atoms with van der Waals surface area (Å²) < 4.78 is 16.5. The van der Waals surface area contributed by atoms with Crippen LogP contribution in [0.4, 0.5) is 4.39 Å². The topological polar surface area (TPSA) is 81.3 Å². The Morgan fingerprint density at radius 3 is 2.66 bits per heavy atom. The third kappa shape index (κ3) is 3.69. The molecule has 32 heavy (non-hydrogen) atoms. The van der Waals surface area contributed by atoms with E-state index in [0.29, 0.717) is 16.2 Å². The molecule has 0 saturated heterocycles. The predicted molar refractivity (Wildman–Crippen MR) is 119 cm³/mol. The number of benzene rings is 2. The molecule has 3 aromatic heterocycles. The van der Waals surface area contributed by atoms with Gasteiger partial charge in [-0.05, 0) is 36.4 Å². The number of para-hydroxylation sites is 1. The lowest BCUT2D eigenvalue weighted by atomic mass is 10.1. The second kappa shape index (κ2) is 8.20. The van der Waals surface area contributed by atoms with Gasteiger partial charge in [0.25, 0.3) is 11.5 Å². The number of nitrogens with one attached hydrogen (secondary N) is 1. The Hall–Kier alpha value is -4.11. The van der Waals surface area contributed by atoms with Gasteiger partial charge in [0.05, 0.1) is 11.4 Å². The van der Waals surface area contributed by atoms with Crippen LogP contribution < -0.4 is 10.9 Å². The molecule has 0 spiro atoms. The number of thiazole rings is 1. The second-order valence-corrected chi connectivity index (χ2v) is 7.88. The number of halogens is 1. The molecular weight excluding hydrogens is 429 g/mol. The van der Waals surface area contributed by atoms with E-state index >= 15 is 0 Å². The maximum Gasteiger partial charge on any atom is 0.271 e. The fraction of sp³-hybridized carbons (Fsp3) is 0.0435. The molecule has 0 aliphatic carbocycles. The fourth-order valence-electron chi connectivity index (χ4n) is 3.35. The first-order chi connectivity index (χ1) is 15.6. The number of rotatable bonds is 5. The summed E-state index contributed by atoms with van der Waals surface area (Å²) in [4.78, 5) is 30.0. The summed E-state index contributed by atoms with van der Waals surface area (Å²) in [5.74, 6) is -0.872. The molecule has 0 aliphatic heterocycles. The first-order valence-corrected chi connectivity index (χ1v) is 10.6. The number of hydrogen-bond acceptors (Lipinski definition) is 5. The van der Waals surface area contributed by atoms with E-state index in [2.05, 4.69) is 15.4 Å². The van der Waals surface area contributed by atoms with Crippen LogP contribution >= 0.6 is 11.3 Å². The van der Waals surface area contributed by atoms with Gasteiger partial charge in [-0.3, -0.25) is 14.0 Å². The molecule has 3 heterocycles. The Morgan fingerprint density at radius 2 is 1.88 bits per heavy atom. The van der Waals surface area contributed by atoms with Crippen LogP contribution in [0.3, 0.4) is 0 Å². The minimum Gasteiger partial charge on any atom is -0.348 e. The molecule has 0 saturated carbocycles. The molecule has 7 nitrogen and oxygen atoms in total. The van der Waals surface area contributed by atoms with E-state index in [1.54, 1.807) is 28.4 Å². The average Bonchev–Trinajstić information content (AvgIpc) is 3.47.